The van der Waals surface area contributed by atoms with E-state index in [-0.39, 0.29) is 5.41 Å². The Morgan fingerprint density at radius 3 is 2.50 bits per heavy atom. The minimum absolute atomic E-state index is 0.0136. The van der Waals surface area contributed by atoms with E-state index in [1.165, 1.54) is 27.8 Å². The standard InChI is InChI=1S/C20H18N2/c1-13-8-9-21-11-15(13)19-10-18-16(12-22-19)14-6-4-5-7-17(14)20(18,2)3/h4-12H,1-3H3. The molecule has 2 aromatic heterocycles. The van der Waals surface area contributed by atoms with Crippen molar-refractivity contribution in [3.8, 4) is 22.4 Å². The largest absolute Gasteiger partial charge is 0.264 e. The van der Waals surface area contributed by atoms with Crippen molar-refractivity contribution >= 4 is 0 Å². The van der Waals surface area contributed by atoms with E-state index in [1.54, 1.807) is 0 Å². The molecule has 0 fully saturated rings. The molecule has 0 bridgehead atoms. The zero-order chi connectivity index (χ0) is 15.3. The number of aryl methyl sites for hydroxylation is 1. The van der Waals surface area contributed by atoms with Crippen molar-refractivity contribution in [2.24, 2.45) is 0 Å². The molecule has 0 N–H and O–H groups in total. The molecule has 22 heavy (non-hydrogen) atoms. The van der Waals surface area contributed by atoms with Gasteiger partial charge in [-0.15, -0.1) is 0 Å². The fraction of sp³-hybridized carbons (Fsp3) is 0.200. The highest BCUT2D eigenvalue weighted by Crippen LogP contribution is 2.48. The summed E-state index contributed by atoms with van der Waals surface area (Å²) in [5.74, 6) is 0. The molecule has 108 valence electrons. The van der Waals surface area contributed by atoms with E-state index in [0.29, 0.717) is 0 Å². The second-order valence-electron chi connectivity index (χ2n) is 6.48. The van der Waals surface area contributed by atoms with Crippen LogP contribution in [0.25, 0.3) is 22.4 Å². The molecule has 2 heterocycles. The zero-order valence-electron chi connectivity index (χ0n) is 13.1. The first kappa shape index (κ1) is 13.2. The Morgan fingerprint density at radius 2 is 1.68 bits per heavy atom. The van der Waals surface area contributed by atoms with Crippen LogP contribution in [0.2, 0.25) is 0 Å². The van der Waals surface area contributed by atoms with Gasteiger partial charge in [-0.3, -0.25) is 9.97 Å². The lowest BCUT2D eigenvalue weighted by Crippen LogP contribution is -2.15. The van der Waals surface area contributed by atoms with E-state index in [1.807, 2.05) is 24.7 Å². The Bertz CT molecular complexity index is 878. The van der Waals surface area contributed by atoms with E-state index < -0.39 is 0 Å². The summed E-state index contributed by atoms with van der Waals surface area (Å²) in [6, 6.07) is 12.9. The number of aromatic nitrogens is 2. The summed E-state index contributed by atoms with van der Waals surface area (Å²) in [6.07, 6.45) is 5.75. The summed E-state index contributed by atoms with van der Waals surface area (Å²) < 4.78 is 0. The highest BCUT2D eigenvalue weighted by Gasteiger charge is 2.35. The van der Waals surface area contributed by atoms with Crippen molar-refractivity contribution in [2.45, 2.75) is 26.2 Å². The summed E-state index contributed by atoms with van der Waals surface area (Å²) in [5.41, 5.74) is 8.63. The van der Waals surface area contributed by atoms with Crippen LogP contribution in [-0.4, -0.2) is 9.97 Å². The van der Waals surface area contributed by atoms with Crippen LogP contribution < -0.4 is 0 Å². The third-order valence-corrected chi connectivity index (χ3v) is 4.78. The summed E-state index contributed by atoms with van der Waals surface area (Å²) in [7, 11) is 0. The fourth-order valence-corrected chi connectivity index (χ4v) is 3.47. The molecule has 0 unspecified atom stereocenters. The number of pyridine rings is 2. The predicted octanol–water partition coefficient (Wildman–Crippen LogP) is 4.76. The van der Waals surface area contributed by atoms with Gasteiger partial charge < -0.3 is 0 Å². The van der Waals surface area contributed by atoms with Crippen LogP contribution in [0.15, 0.2) is 55.0 Å². The van der Waals surface area contributed by atoms with Gasteiger partial charge in [-0.2, -0.15) is 0 Å². The first-order chi connectivity index (χ1) is 10.6. The molecule has 0 aliphatic heterocycles. The van der Waals surface area contributed by atoms with Crippen LogP contribution in [0.4, 0.5) is 0 Å². The van der Waals surface area contributed by atoms with Crippen molar-refractivity contribution in [1.82, 2.24) is 9.97 Å². The lowest BCUT2D eigenvalue weighted by Gasteiger charge is -2.21. The zero-order valence-corrected chi connectivity index (χ0v) is 13.1. The topological polar surface area (TPSA) is 25.8 Å². The molecule has 1 aliphatic rings. The predicted molar refractivity (Wildman–Crippen MR) is 89.8 cm³/mol. The van der Waals surface area contributed by atoms with Gasteiger partial charge in [0.2, 0.25) is 0 Å². The number of benzene rings is 1. The highest BCUT2D eigenvalue weighted by atomic mass is 14.7. The Morgan fingerprint density at radius 1 is 0.864 bits per heavy atom. The molecule has 0 spiro atoms. The second kappa shape index (κ2) is 4.51. The Labute approximate surface area is 130 Å². The molecule has 0 atom stereocenters. The maximum absolute atomic E-state index is 4.71. The molecule has 0 amide bonds. The lowest BCUT2D eigenvalue weighted by atomic mass is 9.82. The average Bonchev–Trinajstić information content (AvgIpc) is 2.76. The third-order valence-electron chi connectivity index (χ3n) is 4.78. The molecular formula is C20H18N2. The quantitative estimate of drug-likeness (QED) is 0.644. The summed E-state index contributed by atoms with van der Waals surface area (Å²) in [5, 5.41) is 0. The van der Waals surface area contributed by atoms with Crippen LogP contribution in [0.3, 0.4) is 0 Å². The number of nitrogens with zero attached hydrogens (tertiary/aromatic N) is 2. The van der Waals surface area contributed by atoms with Gasteiger partial charge in [-0.1, -0.05) is 38.1 Å². The number of hydrogen-bond donors (Lipinski definition) is 0. The summed E-state index contributed by atoms with van der Waals surface area (Å²) in [4.78, 5) is 8.96. The SMILES string of the molecule is Cc1ccncc1-c1cc2c(cn1)-c1ccccc1C2(C)C. The number of rotatable bonds is 1. The maximum atomic E-state index is 4.71. The van der Waals surface area contributed by atoms with Gasteiger partial charge in [-0.25, -0.2) is 0 Å². The second-order valence-corrected chi connectivity index (χ2v) is 6.48. The molecule has 3 aromatic rings. The van der Waals surface area contributed by atoms with Crippen molar-refractivity contribution in [3.05, 3.63) is 71.7 Å². The minimum Gasteiger partial charge on any atom is -0.264 e. The molecular weight excluding hydrogens is 268 g/mol. The van der Waals surface area contributed by atoms with Crippen molar-refractivity contribution < 1.29 is 0 Å². The first-order valence-electron chi connectivity index (χ1n) is 7.60. The van der Waals surface area contributed by atoms with Crippen LogP contribution in [0.5, 0.6) is 0 Å². The molecule has 0 saturated carbocycles. The van der Waals surface area contributed by atoms with E-state index in [0.717, 1.165) is 11.3 Å². The van der Waals surface area contributed by atoms with E-state index in [2.05, 4.69) is 56.1 Å². The Kier molecular flexibility index (Phi) is 2.70. The van der Waals surface area contributed by atoms with Gasteiger partial charge in [0.1, 0.15) is 0 Å². The van der Waals surface area contributed by atoms with Crippen LogP contribution in [0, 0.1) is 6.92 Å². The van der Waals surface area contributed by atoms with E-state index in [4.69, 9.17) is 4.98 Å². The van der Waals surface area contributed by atoms with E-state index in [9.17, 15) is 0 Å². The summed E-state index contributed by atoms with van der Waals surface area (Å²) >= 11 is 0. The third kappa shape index (κ3) is 1.73. The first-order valence-corrected chi connectivity index (χ1v) is 7.60. The van der Waals surface area contributed by atoms with Gasteiger partial charge in [0.05, 0.1) is 5.69 Å². The van der Waals surface area contributed by atoms with Gasteiger partial charge in [-0.05, 0) is 41.3 Å². The van der Waals surface area contributed by atoms with Gasteiger partial charge in [0.15, 0.2) is 0 Å². The lowest BCUT2D eigenvalue weighted by molar-refractivity contribution is 0.660. The average molecular weight is 286 g/mol. The van der Waals surface area contributed by atoms with Gasteiger partial charge >= 0.3 is 0 Å². The number of fused-ring (bicyclic) bond motifs is 3. The molecule has 1 aromatic carbocycles. The Balaban J connectivity index is 1.95. The van der Waals surface area contributed by atoms with Gasteiger partial charge in [0, 0.05) is 35.1 Å². The molecule has 4 rings (SSSR count). The van der Waals surface area contributed by atoms with Crippen LogP contribution in [0.1, 0.15) is 30.5 Å². The maximum Gasteiger partial charge on any atom is 0.0723 e. The highest BCUT2D eigenvalue weighted by molar-refractivity contribution is 5.82. The molecule has 0 saturated heterocycles. The molecule has 2 heteroatoms. The minimum atomic E-state index is 0.0136. The van der Waals surface area contributed by atoms with Crippen LogP contribution >= 0.6 is 0 Å². The monoisotopic (exact) mass is 286 g/mol. The normalized spacial score (nSPS) is 14.5. The van der Waals surface area contributed by atoms with Gasteiger partial charge in [0.25, 0.3) is 0 Å². The smallest absolute Gasteiger partial charge is 0.0723 e. The van der Waals surface area contributed by atoms with Crippen molar-refractivity contribution in [2.75, 3.05) is 0 Å². The summed E-state index contributed by atoms with van der Waals surface area (Å²) in [6.45, 7) is 6.68. The van der Waals surface area contributed by atoms with Crippen molar-refractivity contribution in [1.29, 1.82) is 0 Å². The molecule has 0 radical (unpaired) electrons. The van der Waals surface area contributed by atoms with E-state index >= 15 is 0 Å². The van der Waals surface area contributed by atoms with Crippen molar-refractivity contribution in [3.63, 3.8) is 0 Å². The molecule has 1 aliphatic carbocycles. The fourth-order valence-electron chi connectivity index (χ4n) is 3.47. The number of hydrogen-bond acceptors (Lipinski definition) is 2. The Hall–Kier alpha value is -2.48. The molecule has 2 nitrogen and oxygen atoms in total. The van der Waals surface area contributed by atoms with Crippen LogP contribution in [-0.2, 0) is 5.41 Å².